The molecule has 1 fully saturated rings. The Morgan fingerprint density at radius 2 is 2.04 bits per heavy atom. The van der Waals surface area contributed by atoms with Gasteiger partial charge in [0.25, 0.3) is 5.91 Å². The molecular formula is C17H20N4O2. The van der Waals surface area contributed by atoms with Crippen LogP contribution in [0.15, 0.2) is 36.7 Å². The predicted molar refractivity (Wildman–Crippen MR) is 88.1 cm³/mol. The van der Waals surface area contributed by atoms with E-state index in [0.717, 1.165) is 37.4 Å². The van der Waals surface area contributed by atoms with Crippen LogP contribution in [-0.2, 0) is 0 Å². The van der Waals surface area contributed by atoms with E-state index in [-0.39, 0.29) is 5.91 Å². The van der Waals surface area contributed by atoms with Crippen LogP contribution in [0, 0.1) is 0 Å². The van der Waals surface area contributed by atoms with Gasteiger partial charge in [0.15, 0.2) is 0 Å². The van der Waals surface area contributed by atoms with Crippen LogP contribution in [0.3, 0.4) is 0 Å². The number of nitrogens with one attached hydrogen (secondary N) is 1. The highest BCUT2D eigenvalue weighted by atomic mass is 16.5. The Hall–Kier alpha value is -2.63. The van der Waals surface area contributed by atoms with Gasteiger partial charge in [0.05, 0.1) is 12.3 Å². The van der Waals surface area contributed by atoms with Crippen LogP contribution in [-0.4, -0.2) is 40.5 Å². The highest BCUT2D eigenvalue weighted by Crippen LogP contribution is 2.26. The maximum atomic E-state index is 12.4. The van der Waals surface area contributed by atoms with Gasteiger partial charge in [-0.25, -0.2) is 9.97 Å². The summed E-state index contributed by atoms with van der Waals surface area (Å²) in [4.78, 5) is 22.5. The van der Waals surface area contributed by atoms with Crippen molar-refractivity contribution in [2.45, 2.75) is 19.8 Å². The van der Waals surface area contributed by atoms with Crippen molar-refractivity contribution in [3.8, 4) is 5.75 Å². The van der Waals surface area contributed by atoms with E-state index in [0.29, 0.717) is 18.1 Å². The summed E-state index contributed by atoms with van der Waals surface area (Å²) in [5, 5.41) is 3.20. The van der Waals surface area contributed by atoms with Gasteiger partial charge in [-0.3, -0.25) is 4.79 Å². The minimum Gasteiger partial charge on any atom is -0.492 e. The van der Waals surface area contributed by atoms with Crippen LogP contribution in [0.25, 0.3) is 0 Å². The first-order valence-corrected chi connectivity index (χ1v) is 7.88. The normalized spacial score (nSPS) is 13.9. The Balaban J connectivity index is 1.79. The van der Waals surface area contributed by atoms with Gasteiger partial charge in [-0.2, -0.15) is 0 Å². The highest BCUT2D eigenvalue weighted by Gasteiger charge is 2.21. The van der Waals surface area contributed by atoms with E-state index in [1.165, 1.54) is 6.33 Å². The Bertz CT molecular complexity index is 684. The van der Waals surface area contributed by atoms with E-state index in [4.69, 9.17) is 4.74 Å². The summed E-state index contributed by atoms with van der Waals surface area (Å²) in [7, 11) is 0. The number of hydrogen-bond donors (Lipinski definition) is 1. The van der Waals surface area contributed by atoms with Crippen molar-refractivity contribution < 1.29 is 9.53 Å². The highest BCUT2D eigenvalue weighted by molar-refractivity contribution is 5.93. The fourth-order valence-corrected chi connectivity index (χ4v) is 2.61. The number of anilines is 2. The summed E-state index contributed by atoms with van der Waals surface area (Å²) in [6.07, 6.45) is 3.53. The number of nitrogens with zero attached hydrogens (tertiary/aromatic N) is 3. The number of carbonyl (C=O) groups excluding carboxylic acids is 1. The quantitative estimate of drug-likeness (QED) is 0.919. The number of amides is 1. The molecule has 0 spiro atoms. The minimum absolute atomic E-state index is 0.0361. The monoisotopic (exact) mass is 312 g/mol. The second-order valence-electron chi connectivity index (χ2n) is 5.34. The molecule has 0 unspecified atom stereocenters. The molecule has 0 atom stereocenters. The predicted octanol–water partition coefficient (Wildman–Crippen LogP) is 2.85. The van der Waals surface area contributed by atoms with E-state index in [2.05, 4.69) is 15.3 Å². The first-order chi connectivity index (χ1) is 11.3. The number of hydrogen-bond acceptors (Lipinski definition) is 5. The van der Waals surface area contributed by atoms with E-state index < -0.39 is 0 Å². The molecule has 1 aliphatic heterocycles. The molecule has 1 N–H and O–H groups in total. The maximum absolute atomic E-state index is 12.4. The average molecular weight is 312 g/mol. The van der Waals surface area contributed by atoms with Gasteiger partial charge >= 0.3 is 0 Å². The zero-order valence-electron chi connectivity index (χ0n) is 13.2. The molecule has 1 saturated heterocycles. The van der Waals surface area contributed by atoms with Crippen molar-refractivity contribution >= 4 is 17.4 Å². The van der Waals surface area contributed by atoms with Crippen LogP contribution in [0.1, 0.15) is 30.3 Å². The molecule has 2 heterocycles. The largest absolute Gasteiger partial charge is 0.492 e. The molecule has 23 heavy (non-hydrogen) atoms. The van der Waals surface area contributed by atoms with Crippen molar-refractivity contribution in [1.82, 2.24) is 14.9 Å². The molecule has 0 aliphatic carbocycles. The third kappa shape index (κ3) is 3.59. The number of aromatic nitrogens is 2. The van der Waals surface area contributed by atoms with E-state index in [9.17, 15) is 4.79 Å². The van der Waals surface area contributed by atoms with Gasteiger partial charge in [0, 0.05) is 19.2 Å². The van der Waals surface area contributed by atoms with Gasteiger partial charge in [-0.05, 0) is 31.9 Å². The maximum Gasteiger partial charge on any atom is 0.272 e. The Kier molecular flexibility index (Phi) is 4.71. The van der Waals surface area contributed by atoms with Gasteiger partial charge in [0.1, 0.15) is 23.6 Å². The van der Waals surface area contributed by atoms with Gasteiger partial charge < -0.3 is 15.0 Å². The SMILES string of the molecule is CCOc1ccccc1Nc1cc(C(=O)N2CCCC2)ncn1. The van der Waals surface area contributed by atoms with Gasteiger partial charge in [-0.15, -0.1) is 0 Å². The van der Waals surface area contributed by atoms with Crippen molar-refractivity contribution in [3.63, 3.8) is 0 Å². The average Bonchev–Trinajstić information content (AvgIpc) is 3.11. The molecular weight excluding hydrogens is 292 g/mol. The summed E-state index contributed by atoms with van der Waals surface area (Å²) < 4.78 is 5.59. The van der Waals surface area contributed by atoms with E-state index in [1.54, 1.807) is 6.07 Å². The number of ether oxygens (including phenoxy) is 1. The van der Waals surface area contributed by atoms with Crippen molar-refractivity contribution in [2.24, 2.45) is 0 Å². The Morgan fingerprint density at radius 3 is 2.83 bits per heavy atom. The fourth-order valence-electron chi connectivity index (χ4n) is 2.61. The van der Waals surface area contributed by atoms with E-state index in [1.807, 2.05) is 36.1 Å². The minimum atomic E-state index is -0.0361. The summed E-state index contributed by atoms with van der Waals surface area (Å²) in [6.45, 7) is 4.13. The summed E-state index contributed by atoms with van der Waals surface area (Å²) in [5.41, 5.74) is 1.23. The van der Waals surface area contributed by atoms with Crippen molar-refractivity contribution in [2.75, 3.05) is 25.0 Å². The smallest absolute Gasteiger partial charge is 0.272 e. The lowest BCUT2D eigenvalue weighted by atomic mass is 10.3. The van der Waals surface area contributed by atoms with Crippen LogP contribution < -0.4 is 10.1 Å². The molecule has 0 bridgehead atoms. The fraction of sp³-hybridized carbons (Fsp3) is 0.353. The standard InChI is InChI=1S/C17H20N4O2/c1-2-23-15-8-4-3-7-13(15)20-16-11-14(18-12-19-16)17(22)21-9-5-6-10-21/h3-4,7-8,11-12H,2,5-6,9-10H2,1H3,(H,18,19,20). The number of benzene rings is 1. The summed E-state index contributed by atoms with van der Waals surface area (Å²) in [6, 6.07) is 9.32. The summed E-state index contributed by atoms with van der Waals surface area (Å²) in [5.74, 6) is 1.29. The Labute approximate surface area is 135 Å². The Morgan fingerprint density at radius 1 is 1.26 bits per heavy atom. The van der Waals surface area contributed by atoms with Gasteiger partial charge in [0.2, 0.25) is 0 Å². The third-order valence-electron chi connectivity index (χ3n) is 3.73. The molecule has 1 amide bonds. The molecule has 2 aromatic rings. The number of rotatable bonds is 5. The lowest BCUT2D eigenvalue weighted by Crippen LogP contribution is -2.28. The van der Waals surface area contributed by atoms with Crippen molar-refractivity contribution in [3.05, 3.63) is 42.4 Å². The lowest BCUT2D eigenvalue weighted by Gasteiger charge is -2.15. The molecule has 1 aliphatic rings. The molecule has 1 aromatic carbocycles. The zero-order chi connectivity index (χ0) is 16.1. The first-order valence-electron chi connectivity index (χ1n) is 7.88. The van der Waals surface area contributed by atoms with Crippen molar-refractivity contribution in [1.29, 1.82) is 0 Å². The first kappa shape index (κ1) is 15.3. The molecule has 6 nitrogen and oxygen atoms in total. The number of carbonyl (C=O) groups is 1. The van der Waals surface area contributed by atoms with Crippen LogP contribution in [0.2, 0.25) is 0 Å². The molecule has 6 heteroatoms. The van der Waals surface area contributed by atoms with Crippen LogP contribution in [0.4, 0.5) is 11.5 Å². The number of para-hydroxylation sites is 2. The molecule has 0 saturated carbocycles. The van der Waals surface area contributed by atoms with Crippen LogP contribution >= 0.6 is 0 Å². The van der Waals surface area contributed by atoms with Crippen LogP contribution in [0.5, 0.6) is 5.75 Å². The zero-order valence-corrected chi connectivity index (χ0v) is 13.2. The molecule has 0 radical (unpaired) electrons. The number of likely N-dealkylation sites (tertiary alicyclic amines) is 1. The summed E-state index contributed by atoms with van der Waals surface area (Å²) >= 11 is 0. The van der Waals surface area contributed by atoms with E-state index >= 15 is 0 Å². The molecule has 3 rings (SSSR count). The molecule has 1 aromatic heterocycles. The second kappa shape index (κ2) is 7.09. The topological polar surface area (TPSA) is 67.3 Å². The van der Waals surface area contributed by atoms with Gasteiger partial charge in [-0.1, -0.05) is 12.1 Å². The third-order valence-corrected chi connectivity index (χ3v) is 3.73. The molecule has 120 valence electrons. The second-order valence-corrected chi connectivity index (χ2v) is 5.34. The lowest BCUT2D eigenvalue weighted by molar-refractivity contribution is 0.0787.